The second-order valence-electron chi connectivity index (χ2n) is 6.39. The zero-order valence-electron chi connectivity index (χ0n) is 14.2. The molecular formula is C17H28N2O3. The average molecular weight is 308 g/mol. The zero-order chi connectivity index (χ0) is 16.8. The van der Waals surface area contributed by atoms with Crippen LogP contribution >= 0.6 is 0 Å². The van der Waals surface area contributed by atoms with Crippen LogP contribution < -0.4 is 10.6 Å². The molecule has 0 fully saturated rings. The summed E-state index contributed by atoms with van der Waals surface area (Å²) < 4.78 is 5.63. The van der Waals surface area contributed by atoms with E-state index in [1.807, 2.05) is 52.8 Å². The molecule has 0 atom stereocenters. The standard InChI is InChI=1S/C17H28N2O3/c1-12(2)22-11-14-7-6-8-15(13(14)3)18-16(21)19-17(4,5)9-10-20/h6-8,12,20H,9-11H2,1-5H3,(H2,18,19,21). The fraction of sp³-hybridized carbons (Fsp3) is 0.588. The molecule has 5 heteroatoms. The Morgan fingerprint density at radius 1 is 1.36 bits per heavy atom. The predicted molar refractivity (Wildman–Crippen MR) is 89.0 cm³/mol. The van der Waals surface area contributed by atoms with Gasteiger partial charge in [0, 0.05) is 17.8 Å². The van der Waals surface area contributed by atoms with Crippen molar-refractivity contribution < 1.29 is 14.6 Å². The lowest BCUT2D eigenvalue weighted by molar-refractivity contribution is 0.0654. The van der Waals surface area contributed by atoms with Gasteiger partial charge in [0.25, 0.3) is 0 Å². The SMILES string of the molecule is Cc1c(COC(C)C)cccc1NC(=O)NC(C)(C)CCO. The number of hydrogen-bond donors (Lipinski definition) is 3. The van der Waals surface area contributed by atoms with E-state index in [1.54, 1.807) is 0 Å². The third-order valence-corrected chi connectivity index (χ3v) is 3.46. The lowest BCUT2D eigenvalue weighted by Crippen LogP contribution is -2.46. The van der Waals surface area contributed by atoms with Gasteiger partial charge in [0.2, 0.25) is 0 Å². The van der Waals surface area contributed by atoms with E-state index < -0.39 is 5.54 Å². The largest absolute Gasteiger partial charge is 0.396 e. The van der Waals surface area contributed by atoms with Crippen LogP contribution in [0.2, 0.25) is 0 Å². The Morgan fingerprint density at radius 3 is 2.64 bits per heavy atom. The van der Waals surface area contributed by atoms with Gasteiger partial charge in [-0.05, 0) is 58.2 Å². The van der Waals surface area contributed by atoms with E-state index >= 15 is 0 Å². The summed E-state index contributed by atoms with van der Waals surface area (Å²) >= 11 is 0. The van der Waals surface area contributed by atoms with Crippen molar-refractivity contribution in [1.82, 2.24) is 5.32 Å². The van der Waals surface area contributed by atoms with Crippen molar-refractivity contribution in [2.75, 3.05) is 11.9 Å². The number of urea groups is 1. The summed E-state index contributed by atoms with van der Waals surface area (Å²) in [6, 6.07) is 5.49. The number of ether oxygens (including phenoxy) is 1. The van der Waals surface area contributed by atoms with Gasteiger partial charge in [0.05, 0.1) is 12.7 Å². The summed E-state index contributed by atoms with van der Waals surface area (Å²) in [7, 11) is 0. The van der Waals surface area contributed by atoms with Gasteiger partial charge in [-0.1, -0.05) is 12.1 Å². The number of nitrogens with one attached hydrogen (secondary N) is 2. The van der Waals surface area contributed by atoms with Crippen molar-refractivity contribution in [3.8, 4) is 0 Å². The summed E-state index contributed by atoms with van der Waals surface area (Å²) in [5, 5.41) is 14.7. The molecule has 1 aromatic carbocycles. The lowest BCUT2D eigenvalue weighted by Gasteiger charge is -2.25. The van der Waals surface area contributed by atoms with E-state index in [0.29, 0.717) is 13.0 Å². The third kappa shape index (κ3) is 6.03. The molecule has 0 spiro atoms. The van der Waals surface area contributed by atoms with E-state index in [-0.39, 0.29) is 18.7 Å². The van der Waals surface area contributed by atoms with Crippen molar-refractivity contribution in [2.24, 2.45) is 0 Å². The van der Waals surface area contributed by atoms with Gasteiger partial charge >= 0.3 is 6.03 Å². The number of carbonyl (C=O) groups excluding carboxylic acids is 1. The fourth-order valence-corrected chi connectivity index (χ4v) is 2.03. The molecule has 0 aliphatic heterocycles. The first-order chi connectivity index (χ1) is 10.2. The highest BCUT2D eigenvalue weighted by molar-refractivity contribution is 5.90. The lowest BCUT2D eigenvalue weighted by atomic mass is 10.0. The minimum atomic E-state index is -0.453. The van der Waals surface area contributed by atoms with Crippen LogP contribution in [0.5, 0.6) is 0 Å². The Morgan fingerprint density at radius 2 is 2.05 bits per heavy atom. The second kappa shape index (κ2) is 8.15. The first-order valence-corrected chi connectivity index (χ1v) is 7.65. The molecule has 0 heterocycles. The number of aliphatic hydroxyl groups excluding tert-OH is 1. The van der Waals surface area contributed by atoms with Crippen LogP contribution in [0.3, 0.4) is 0 Å². The highest BCUT2D eigenvalue weighted by Gasteiger charge is 2.20. The van der Waals surface area contributed by atoms with Crippen LogP contribution in [0.25, 0.3) is 0 Å². The second-order valence-corrected chi connectivity index (χ2v) is 6.39. The van der Waals surface area contributed by atoms with E-state index in [1.165, 1.54) is 0 Å². The number of rotatable bonds is 7. The van der Waals surface area contributed by atoms with E-state index in [2.05, 4.69) is 10.6 Å². The van der Waals surface area contributed by atoms with E-state index in [0.717, 1.165) is 16.8 Å². The Hall–Kier alpha value is -1.59. The molecule has 1 aromatic rings. The van der Waals surface area contributed by atoms with Crippen LogP contribution in [0.4, 0.5) is 10.5 Å². The Bertz CT molecular complexity index is 499. The zero-order valence-corrected chi connectivity index (χ0v) is 14.2. The number of carbonyl (C=O) groups is 1. The Kier molecular flexibility index (Phi) is 6.84. The highest BCUT2D eigenvalue weighted by Crippen LogP contribution is 2.20. The maximum absolute atomic E-state index is 12.1. The van der Waals surface area contributed by atoms with Gasteiger partial charge in [-0.2, -0.15) is 0 Å². The van der Waals surface area contributed by atoms with Gasteiger partial charge in [-0.3, -0.25) is 0 Å². The van der Waals surface area contributed by atoms with Crippen LogP contribution in [0, 0.1) is 6.92 Å². The molecule has 0 saturated carbocycles. The smallest absolute Gasteiger partial charge is 0.319 e. The average Bonchev–Trinajstić information content (AvgIpc) is 2.38. The molecule has 0 radical (unpaired) electrons. The van der Waals surface area contributed by atoms with Crippen LogP contribution in [-0.4, -0.2) is 29.4 Å². The monoisotopic (exact) mass is 308 g/mol. The van der Waals surface area contributed by atoms with E-state index in [9.17, 15) is 4.79 Å². The van der Waals surface area contributed by atoms with Crippen molar-refractivity contribution in [3.63, 3.8) is 0 Å². The Balaban J connectivity index is 2.73. The number of benzene rings is 1. The third-order valence-electron chi connectivity index (χ3n) is 3.46. The Labute approximate surface area is 133 Å². The van der Waals surface area contributed by atoms with Crippen molar-refractivity contribution >= 4 is 11.7 Å². The molecule has 3 N–H and O–H groups in total. The molecule has 0 bridgehead atoms. The van der Waals surface area contributed by atoms with Gasteiger partial charge in [0.1, 0.15) is 0 Å². The molecule has 0 aromatic heterocycles. The normalized spacial score (nSPS) is 11.6. The fourth-order valence-electron chi connectivity index (χ4n) is 2.03. The van der Waals surface area contributed by atoms with Crippen molar-refractivity contribution in [3.05, 3.63) is 29.3 Å². The molecule has 124 valence electrons. The van der Waals surface area contributed by atoms with Gasteiger partial charge in [0.15, 0.2) is 0 Å². The summed E-state index contributed by atoms with van der Waals surface area (Å²) in [6.45, 7) is 10.3. The highest BCUT2D eigenvalue weighted by atomic mass is 16.5. The maximum atomic E-state index is 12.1. The number of anilines is 1. The predicted octanol–water partition coefficient (Wildman–Crippen LogP) is 3.20. The number of amides is 2. The molecule has 0 saturated heterocycles. The van der Waals surface area contributed by atoms with E-state index in [4.69, 9.17) is 9.84 Å². The molecular weight excluding hydrogens is 280 g/mol. The van der Waals surface area contributed by atoms with Gasteiger partial charge < -0.3 is 20.5 Å². The van der Waals surface area contributed by atoms with Crippen molar-refractivity contribution in [1.29, 1.82) is 0 Å². The minimum absolute atomic E-state index is 0.0360. The molecule has 22 heavy (non-hydrogen) atoms. The molecule has 5 nitrogen and oxygen atoms in total. The molecule has 0 aliphatic rings. The molecule has 1 rings (SSSR count). The van der Waals surface area contributed by atoms with Gasteiger partial charge in [-0.25, -0.2) is 4.79 Å². The summed E-state index contributed by atoms with van der Waals surface area (Å²) in [4.78, 5) is 12.1. The molecule has 0 aliphatic carbocycles. The first-order valence-electron chi connectivity index (χ1n) is 7.65. The maximum Gasteiger partial charge on any atom is 0.319 e. The minimum Gasteiger partial charge on any atom is -0.396 e. The van der Waals surface area contributed by atoms with Crippen LogP contribution in [0.15, 0.2) is 18.2 Å². The summed E-state index contributed by atoms with van der Waals surface area (Å²) in [5.74, 6) is 0. The molecule has 0 unspecified atom stereocenters. The van der Waals surface area contributed by atoms with Crippen LogP contribution in [0.1, 0.15) is 45.2 Å². The van der Waals surface area contributed by atoms with Crippen LogP contribution in [-0.2, 0) is 11.3 Å². The number of aliphatic hydroxyl groups is 1. The van der Waals surface area contributed by atoms with Gasteiger partial charge in [-0.15, -0.1) is 0 Å². The first kappa shape index (κ1) is 18.5. The number of hydrogen-bond acceptors (Lipinski definition) is 3. The quantitative estimate of drug-likeness (QED) is 0.724. The molecule has 2 amide bonds. The summed E-state index contributed by atoms with van der Waals surface area (Å²) in [5.41, 5.74) is 2.37. The van der Waals surface area contributed by atoms with Crippen molar-refractivity contribution in [2.45, 2.75) is 59.3 Å². The topological polar surface area (TPSA) is 70.6 Å². The summed E-state index contributed by atoms with van der Waals surface area (Å²) in [6.07, 6.45) is 0.667.